The Bertz CT molecular complexity index is 282. The van der Waals surface area contributed by atoms with Gasteiger partial charge < -0.3 is 9.84 Å². The zero-order valence-corrected chi connectivity index (χ0v) is 9.48. The normalized spacial score (nSPS) is 27.0. The predicted molar refractivity (Wildman–Crippen MR) is 53.2 cm³/mol. The average Bonchev–Trinajstić information content (AvgIpc) is 2.22. The molecule has 0 aromatic rings. The summed E-state index contributed by atoms with van der Waals surface area (Å²) in [4.78, 5) is 24.0. The maximum Gasteiger partial charge on any atom is 0.417 e. The SMILES string of the molecule is CC1C(O)CC(=O)N1C(=O)OC(C)(C)C. The van der Waals surface area contributed by atoms with E-state index in [9.17, 15) is 14.7 Å². The van der Waals surface area contributed by atoms with Gasteiger partial charge in [0.25, 0.3) is 0 Å². The van der Waals surface area contributed by atoms with Crippen LogP contribution in [0.1, 0.15) is 34.1 Å². The van der Waals surface area contributed by atoms with Gasteiger partial charge in [0, 0.05) is 0 Å². The number of nitrogens with zero attached hydrogens (tertiary/aromatic N) is 1. The zero-order chi connectivity index (χ0) is 11.8. The van der Waals surface area contributed by atoms with Crippen LogP contribution in [0.5, 0.6) is 0 Å². The Kier molecular flexibility index (Phi) is 3.04. The van der Waals surface area contributed by atoms with Gasteiger partial charge in [0.05, 0.1) is 18.6 Å². The van der Waals surface area contributed by atoms with E-state index < -0.39 is 23.8 Å². The van der Waals surface area contributed by atoms with E-state index >= 15 is 0 Å². The molecule has 0 aliphatic carbocycles. The fraction of sp³-hybridized carbons (Fsp3) is 0.800. The summed E-state index contributed by atoms with van der Waals surface area (Å²) < 4.78 is 5.07. The summed E-state index contributed by atoms with van der Waals surface area (Å²) in [5.41, 5.74) is -0.634. The van der Waals surface area contributed by atoms with Gasteiger partial charge in [-0.1, -0.05) is 0 Å². The third-order valence-corrected chi connectivity index (χ3v) is 2.21. The van der Waals surface area contributed by atoms with Gasteiger partial charge in [0.1, 0.15) is 5.60 Å². The first kappa shape index (κ1) is 12.0. The van der Waals surface area contributed by atoms with Crippen LogP contribution in [0.4, 0.5) is 4.79 Å². The molecule has 0 saturated carbocycles. The predicted octanol–water partition coefficient (Wildman–Crippen LogP) is 0.903. The second-order valence-corrected chi connectivity index (χ2v) is 4.76. The summed E-state index contributed by atoms with van der Waals surface area (Å²) in [6.45, 7) is 6.81. The molecule has 2 unspecified atom stereocenters. The van der Waals surface area contributed by atoms with E-state index in [1.165, 1.54) is 0 Å². The number of aliphatic hydroxyl groups excluding tert-OH is 1. The Morgan fingerprint density at radius 1 is 1.53 bits per heavy atom. The van der Waals surface area contributed by atoms with Crippen LogP contribution in [0.25, 0.3) is 0 Å². The van der Waals surface area contributed by atoms with Crippen molar-refractivity contribution in [1.29, 1.82) is 0 Å². The van der Waals surface area contributed by atoms with Crippen molar-refractivity contribution in [1.82, 2.24) is 4.90 Å². The molecule has 1 aliphatic heterocycles. The highest BCUT2D eigenvalue weighted by Gasteiger charge is 2.41. The number of ether oxygens (including phenoxy) is 1. The molecule has 5 nitrogen and oxygen atoms in total. The number of rotatable bonds is 0. The van der Waals surface area contributed by atoms with Crippen LogP contribution in [0.3, 0.4) is 0 Å². The van der Waals surface area contributed by atoms with Crippen molar-refractivity contribution in [3.8, 4) is 0 Å². The molecule has 86 valence electrons. The molecular formula is C10H17NO4. The fourth-order valence-corrected chi connectivity index (χ4v) is 1.43. The Labute approximate surface area is 89.0 Å². The highest BCUT2D eigenvalue weighted by atomic mass is 16.6. The molecule has 1 fully saturated rings. The quantitative estimate of drug-likeness (QED) is 0.652. The number of imide groups is 1. The van der Waals surface area contributed by atoms with Crippen molar-refractivity contribution in [2.75, 3.05) is 0 Å². The van der Waals surface area contributed by atoms with Crippen LogP contribution in [0.2, 0.25) is 0 Å². The molecule has 1 rings (SSSR count). The van der Waals surface area contributed by atoms with Gasteiger partial charge >= 0.3 is 6.09 Å². The maximum absolute atomic E-state index is 11.6. The Morgan fingerprint density at radius 3 is 2.40 bits per heavy atom. The van der Waals surface area contributed by atoms with Gasteiger partial charge in [-0.3, -0.25) is 4.79 Å². The fourth-order valence-electron chi connectivity index (χ4n) is 1.43. The zero-order valence-electron chi connectivity index (χ0n) is 9.48. The molecular weight excluding hydrogens is 198 g/mol. The Morgan fingerprint density at radius 2 is 2.07 bits per heavy atom. The molecule has 2 atom stereocenters. The number of likely N-dealkylation sites (tertiary alicyclic amines) is 1. The molecule has 1 N–H and O–H groups in total. The number of hydrogen-bond acceptors (Lipinski definition) is 4. The maximum atomic E-state index is 11.6. The first-order valence-corrected chi connectivity index (χ1v) is 4.95. The molecule has 0 bridgehead atoms. The molecule has 0 spiro atoms. The topological polar surface area (TPSA) is 66.8 Å². The summed E-state index contributed by atoms with van der Waals surface area (Å²) in [5, 5.41) is 9.42. The number of hydrogen-bond donors (Lipinski definition) is 1. The monoisotopic (exact) mass is 215 g/mol. The third kappa shape index (κ3) is 2.68. The van der Waals surface area contributed by atoms with Crippen LogP contribution >= 0.6 is 0 Å². The number of amides is 2. The smallest absolute Gasteiger partial charge is 0.417 e. The number of aliphatic hydroxyl groups is 1. The second kappa shape index (κ2) is 3.81. The molecule has 0 aromatic carbocycles. The first-order valence-electron chi connectivity index (χ1n) is 4.95. The first-order chi connectivity index (χ1) is 6.72. The molecule has 15 heavy (non-hydrogen) atoms. The van der Waals surface area contributed by atoms with E-state index in [1.54, 1.807) is 27.7 Å². The van der Waals surface area contributed by atoms with Gasteiger partial charge in [-0.15, -0.1) is 0 Å². The van der Waals surface area contributed by atoms with Crippen molar-refractivity contribution in [3.63, 3.8) is 0 Å². The lowest BCUT2D eigenvalue weighted by atomic mass is 10.2. The lowest BCUT2D eigenvalue weighted by Gasteiger charge is -2.26. The number of carbonyl (C=O) groups is 2. The van der Waals surface area contributed by atoms with Gasteiger partial charge in [-0.05, 0) is 27.7 Å². The summed E-state index contributed by atoms with van der Waals surface area (Å²) in [6, 6.07) is -0.507. The summed E-state index contributed by atoms with van der Waals surface area (Å²) in [6.07, 6.45) is -1.48. The third-order valence-electron chi connectivity index (χ3n) is 2.21. The van der Waals surface area contributed by atoms with E-state index in [4.69, 9.17) is 4.74 Å². The van der Waals surface area contributed by atoms with Crippen LogP contribution in [-0.2, 0) is 9.53 Å². The van der Waals surface area contributed by atoms with E-state index in [0.29, 0.717) is 0 Å². The van der Waals surface area contributed by atoms with E-state index in [1.807, 2.05) is 0 Å². The van der Waals surface area contributed by atoms with Crippen molar-refractivity contribution >= 4 is 12.0 Å². The average molecular weight is 215 g/mol. The minimum absolute atomic E-state index is 0.0135. The molecule has 1 aliphatic rings. The summed E-state index contributed by atoms with van der Waals surface area (Å²) >= 11 is 0. The van der Waals surface area contributed by atoms with Crippen LogP contribution in [-0.4, -0.2) is 39.8 Å². The lowest BCUT2D eigenvalue weighted by molar-refractivity contribution is -0.127. The minimum atomic E-state index is -0.787. The van der Waals surface area contributed by atoms with Gasteiger partial charge in [0.15, 0.2) is 0 Å². The summed E-state index contributed by atoms with van der Waals surface area (Å²) in [7, 11) is 0. The van der Waals surface area contributed by atoms with Crippen molar-refractivity contribution < 1.29 is 19.4 Å². The molecule has 0 aromatic heterocycles. The highest BCUT2D eigenvalue weighted by molar-refractivity contribution is 5.94. The molecule has 0 radical (unpaired) electrons. The van der Waals surface area contributed by atoms with Crippen LogP contribution in [0.15, 0.2) is 0 Å². The van der Waals surface area contributed by atoms with Gasteiger partial charge in [0.2, 0.25) is 5.91 Å². The van der Waals surface area contributed by atoms with Gasteiger partial charge in [-0.2, -0.15) is 0 Å². The van der Waals surface area contributed by atoms with Crippen LogP contribution in [0, 0.1) is 0 Å². The van der Waals surface area contributed by atoms with Gasteiger partial charge in [-0.25, -0.2) is 9.69 Å². The molecule has 2 amide bonds. The van der Waals surface area contributed by atoms with Crippen molar-refractivity contribution in [2.45, 2.75) is 51.9 Å². The molecule has 1 saturated heterocycles. The number of carbonyl (C=O) groups excluding carboxylic acids is 2. The Hall–Kier alpha value is -1.10. The van der Waals surface area contributed by atoms with E-state index in [-0.39, 0.29) is 12.3 Å². The molecule has 1 heterocycles. The Balaban J connectivity index is 2.72. The van der Waals surface area contributed by atoms with Crippen molar-refractivity contribution in [2.24, 2.45) is 0 Å². The largest absolute Gasteiger partial charge is 0.443 e. The van der Waals surface area contributed by atoms with Crippen molar-refractivity contribution in [3.05, 3.63) is 0 Å². The minimum Gasteiger partial charge on any atom is -0.443 e. The standard InChI is InChI=1S/C10H17NO4/c1-6-7(12)5-8(13)11(6)9(14)15-10(2,3)4/h6-7,12H,5H2,1-4H3. The second-order valence-electron chi connectivity index (χ2n) is 4.76. The van der Waals surface area contributed by atoms with E-state index in [0.717, 1.165) is 4.90 Å². The van der Waals surface area contributed by atoms with Crippen LogP contribution < -0.4 is 0 Å². The molecule has 5 heteroatoms. The van der Waals surface area contributed by atoms with E-state index in [2.05, 4.69) is 0 Å². The summed E-state index contributed by atoms with van der Waals surface area (Å²) in [5.74, 6) is -0.385. The lowest BCUT2D eigenvalue weighted by Crippen LogP contribution is -2.42. The highest BCUT2D eigenvalue weighted by Crippen LogP contribution is 2.21.